The Kier molecular flexibility index (Phi) is 15.9. The second-order valence-corrected chi connectivity index (χ2v) is 19.7. The maximum absolute atomic E-state index is 14.7. The number of carbonyl (C=O) groups is 4. The van der Waals surface area contributed by atoms with Crippen molar-refractivity contribution in [2.75, 3.05) is 25.5 Å². The number of carbonyl (C=O) groups excluding carboxylic acids is 4. The van der Waals surface area contributed by atoms with E-state index in [4.69, 9.17) is 24.2 Å². The van der Waals surface area contributed by atoms with Crippen LogP contribution in [0.15, 0.2) is 77.0 Å². The summed E-state index contributed by atoms with van der Waals surface area (Å²) in [6.07, 6.45) is 9.60. The first kappa shape index (κ1) is 47.2. The van der Waals surface area contributed by atoms with E-state index in [1.165, 1.54) is 28.4 Å². The van der Waals surface area contributed by atoms with Crippen molar-refractivity contribution in [3.8, 4) is 22.9 Å². The van der Waals surface area contributed by atoms with Crippen molar-refractivity contribution < 1.29 is 41.8 Å². The van der Waals surface area contributed by atoms with E-state index in [0.717, 1.165) is 50.1 Å². The van der Waals surface area contributed by atoms with Gasteiger partial charge in [-0.2, -0.15) is 0 Å². The minimum absolute atomic E-state index is 0.0130. The zero-order chi connectivity index (χ0) is 45.9. The van der Waals surface area contributed by atoms with Crippen LogP contribution in [-0.2, 0) is 29.1 Å². The summed E-state index contributed by atoms with van der Waals surface area (Å²) in [6, 6.07) is 13.3. The highest BCUT2D eigenvalue weighted by atomic mass is 32.2. The maximum atomic E-state index is 14.7. The minimum atomic E-state index is -4.05. The number of thiazole rings is 1. The van der Waals surface area contributed by atoms with Crippen LogP contribution in [0.2, 0.25) is 0 Å². The Morgan fingerprint density at radius 1 is 0.954 bits per heavy atom. The Balaban J connectivity index is 1.13. The summed E-state index contributed by atoms with van der Waals surface area (Å²) < 4.78 is 45.9. The summed E-state index contributed by atoms with van der Waals surface area (Å²) in [5.41, 5.74) is 1.84. The molecule has 0 bridgehead atoms. The molecule has 2 aromatic carbocycles. The molecule has 2 aliphatic heterocycles. The van der Waals surface area contributed by atoms with E-state index in [9.17, 15) is 27.6 Å². The molecular formula is C47H59N7O9S2. The van der Waals surface area contributed by atoms with Gasteiger partial charge in [0.15, 0.2) is 5.13 Å². The van der Waals surface area contributed by atoms with Gasteiger partial charge in [-0.3, -0.25) is 14.4 Å². The normalized spacial score (nSPS) is 21.8. The van der Waals surface area contributed by atoms with E-state index < -0.39 is 52.0 Å². The molecule has 3 aliphatic rings. The highest BCUT2D eigenvalue weighted by molar-refractivity contribution is 7.90. The lowest BCUT2D eigenvalue weighted by atomic mass is 10.0. The average Bonchev–Trinajstić information content (AvgIpc) is 4.08. The van der Waals surface area contributed by atoms with Gasteiger partial charge < -0.3 is 35.1 Å². The lowest BCUT2D eigenvalue weighted by molar-refractivity contribution is -0.140. The summed E-state index contributed by atoms with van der Waals surface area (Å²) in [5.74, 6) is -0.690. The van der Waals surface area contributed by atoms with Crippen LogP contribution in [0.25, 0.3) is 22.3 Å². The number of pyridine rings is 1. The van der Waals surface area contributed by atoms with E-state index in [0.29, 0.717) is 46.6 Å². The van der Waals surface area contributed by atoms with Crippen LogP contribution in [0, 0.1) is 5.92 Å². The van der Waals surface area contributed by atoms with Crippen molar-refractivity contribution in [1.29, 1.82) is 0 Å². The number of aromatic nitrogens is 2. The number of hydrogen-bond acceptors (Lipinski definition) is 13. The van der Waals surface area contributed by atoms with Gasteiger partial charge in [-0.05, 0) is 95.4 Å². The third-order valence-corrected chi connectivity index (χ3v) is 14.0. The van der Waals surface area contributed by atoms with Crippen LogP contribution in [0.3, 0.4) is 0 Å². The number of anilines is 1. The number of alkyl carbamates (subject to hydrolysis) is 1. The third kappa shape index (κ3) is 12.7. The van der Waals surface area contributed by atoms with E-state index in [1.807, 2.05) is 55.6 Å². The Bertz CT molecular complexity index is 2440. The van der Waals surface area contributed by atoms with Gasteiger partial charge in [-0.15, -0.1) is 11.3 Å². The maximum Gasteiger partial charge on any atom is 0.408 e. The van der Waals surface area contributed by atoms with Crippen LogP contribution in [0.5, 0.6) is 11.5 Å². The molecule has 18 heteroatoms. The van der Waals surface area contributed by atoms with Crippen LogP contribution < -0.4 is 30.1 Å². The number of nitrogens with one attached hydrogen (secondary N) is 4. The van der Waals surface area contributed by atoms with E-state index in [-0.39, 0.29) is 55.3 Å². The predicted octanol–water partition coefficient (Wildman–Crippen LogP) is 7.11. The SMILES string of the molecule is COc1ccc2c(O[C@@H]3C[C@H]4C(=O)NCC(CCC(=O)NS(=O)(=O)c5ccccc5)/C=C\CCCCC[C@H](NC(=O)OC5CCCC5)C(=O)N4C3)cc(-c3csc(NC(C)C)n3)nc2c1. The second kappa shape index (κ2) is 22.0. The average molecular weight is 930 g/mol. The van der Waals surface area contributed by atoms with Gasteiger partial charge in [0.25, 0.3) is 10.0 Å². The molecule has 65 heavy (non-hydrogen) atoms. The van der Waals surface area contributed by atoms with E-state index in [1.54, 1.807) is 25.3 Å². The fraction of sp³-hybridized carbons (Fsp3) is 0.489. The number of allylic oxidation sites excluding steroid dienone is 1. The first-order chi connectivity index (χ1) is 31.3. The quantitative estimate of drug-likeness (QED) is 0.0990. The molecule has 348 valence electrons. The summed E-state index contributed by atoms with van der Waals surface area (Å²) in [6.45, 7) is 4.26. The first-order valence-electron chi connectivity index (χ1n) is 22.6. The number of benzene rings is 2. The fourth-order valence-electron chi connectivity index (χ4n) is 8.45. The van der Waals surface area contributed by atoms with Crippen LogP contribution in [0.1, 0.15) is 90.9 Å². The third-order valence-electron chi connectivity index (χ3n) is 11.8. The van der Waals surface area contributed by atoms with Crippen molar-refractivity contribution >= 4 is 61.2 Å². The Morgan fingerprint density at radius 2 is 1.74 bits per heavy atom. The zero-order valence-corrected chi connectivity index (χ0v) is 38.8. The molecule has 7 rings (SSSR count). The Morgan fingerprint density at radius 3 is 2.51 bits per heavy atom. The smallest absolute Gasteiger partial charge is 0.408 e. The number of sulfonamides is 1. The van der Waals surface area contributed by atoms with Gasteiger partial charge in [-0.25, -0.2) is 27.9 Å². The van der Waals surface area contributed by atoms with Gasteiger partial charge in [0.05, 0.1) is 29.8 Å². The number of amides is 4. The second-order valence-electron chi connectivity index (χ2n) is 17.2. The molecule has 4 amide bonds. The molecule has 0 radical (unpaired) electrons. The van der Waals surface area contributed by atoms with Crippen molar-refractivity contribution in [1.82, 2.24) is 30.2 Å². The molecule has 4 atom stereocenters. The molecule has 1 saturated carbocycles. The van der Waals surface area contributed by atoms with Crippen molar-refractivity contribution in [2.24, 2.45) is 5.92 Å². The Hall–Kier alpha value is -5.75. The van der Waals surface area contributed by atoms with E-state index >= 15 is 0 Å². The van der Waals surface area contributed by atoms with Gasteiger partial charge in [-0.1, -0.05) is 43.2 Å². The molecule has 4 N–H and O–H groups in total. The van der Waals surface area contributed by atoms with Crippen molar-refractivity contribution in [2.45, 2.75) is 126 Å². The molecular weight excluding hydrogens is 871 g/mol. The topological polar surface area (TPSA) is 207 Å². The van der Waals surface area contributed by atoms with Gasteiger partial charge in [0, 0.05) is 48.3 Å². The first-order valence-corrected chi connectivity index (χ1v) is 24.9. The summed E-state index contributed by atoms with van der Waals surface area (Å²) in [4.78, 5) is 66.5. The zero-order valence-electron chi connectivity index (χ0n) is 37.1. The minimum Gasteiger partial charge on any atom is -0.497 e. The standard InChI is InChI=1S/C47H59N7O9S2/c1-30(2)49-46-51-40(29-64-46)39-26-42(36-22-21-33(61-3)24-38(36)50-39)62-34-25-41-44(56)48-27-31(20-23-43(55)53-65(59,60)35-17-9-7-10-18-35)14-8-5-4-6-11-19-37(45(57)54(41)28-34)52-47(58)63-32-15-12-13-16-32/h7-10,14,17-18,21-22,24,26,29-32,34,37,41H,4-6,11-13,15-16,19-20,23,25,27-28H2,1-3H3,(H,48,56)(H,49,51)(H,52,58)(H,53,55)/b14-8-/t31?,34-,37+,41+/m1/s1. The summed E-state index contributed by atoms with van der Waals surface area (Å²) >= 11 is 1.47. The van der Waals surface area contributed by atoms with Crippen LogP contribution in [-0.4, -0.2) is 97.6 Å². The Labute approximate surface area is 384 Å². The molecule has 2 fully saturated rings. The lowest BCUT2D eigenvalue weighted by Crippen LogP contribution is -2.54. The number of hydrogen-bond donors (Lipinski definition) is 4. The number of rotatable bonds is 13. The highest BCUT2D eigenvalue weighted by Gasteiger charge is 2.43. The molecule has 4 aromatic rings. The summed E-state index contributed by atoms with van der Waals surface area (Å²) in [5, 5.41) is 12.6. The number of ether oxygens (including phenoxy) is 3. The van der Waals surface area contributed by atoms with Crippen molar-refractivity contribution in [3.05, 3.63) is 72.1 Å². The number of nitrogens with zero attached hydrogens (tertiary/aromatic N) is 3. The predicted molar refractivity (Wildman–Crippen MR) is 248 cm³/mol. The van der Waals surface area contributed by atoms with Crippen LogP contribution >= 0.6 is 11.3 Å². The number of fused-ring (bicyclic) bond motifs is 2. The molecule has 0 spiro atoms. The largest absolute Gasteiger partial charge is 0.497 e. The van der Waals surface area contributed by atoms with Gasteiger partial charge >= 0.3 is 6.09 Å². The van der Waals surface area contributed by atoms with Gasteiger partial charge in [0.2, 0.25) is 17.7 Å². The fourth-order valence-corrected chi connectivity index (χ4v) is 10.3. The van der Waals surface area contributed by atoms with Crippen LogP contribution in [0.4, 0.5) is 9.93 Å². The van der Waals surface area contributed by atoms with E-state index in [2.05, 4.69) is 20.7 Å². The molecule has 4 heterocycles. The molecule has 16 nitrogen and oxygen atoms in total. The number of methoxy groups -OCH3 is 1. The molecule has 1 unspecified atom stereocenters. The molecule has 2 aromatic heterocycles. The monoisotopic (exact) mass is 929 g/mol. The van der Waals surface area contributed by atoms with Gasteiger partial charge in [0.1, 0.15) is 41.5 Å². The summed E-state index contributed by atoms with van der Waals surface area (Å²) in [7, 11) is -2.46. The lowest BCUT2D eigenvalue weighted by Gasteiger charge is -2.29. The van der Waals surface area contributed by atoms with Crippen molar-refractivity contribution in [3.63, 3.8) is 0 Å². The highest BCUT2D eigenvalue weighted by Crippen LogP contribution is 2.36. The molecule has 1 saturated heterocycles. The molecule has 1 aliphatic carbocycles.